The lowest BCUT2D eigenvalue weighted by Crippen LogP contribution is -2.39. The topological polar surface area (TPSA) is 116 Å². The summed E-state index contributed by atoms with van der Waals surface area (Å²) < 4.78 is 48.0. The zero-order valence-corrected chi connectivity index (χ0v) is 22.5. The summed E-state index contributed by atoms with van der Waals surface area (Å²) in [6.45, 7) is 2.18. The number of hydrogen-bond acceptors (Lipinski definition) is 8. The molecule has 0 aromatic heterocycles. The van der Waals surface area contributed by atoms with Crippen molar-refractivity contribution in [3.05, 3.63) is 77.9 Å². The summed E-state index contributed by atoms with van der Waals surface area (Å²) in [5.74, 6) is 1.14. The fourth-order valence-electron chi connectivity index (χ4n) is 3.45. The predicted molar refractivity (Wildman–Crippen MR) is 146 cm³/mol. The average Bonchev–Trinajstić information content (AvgIpc) is 2.91. The van der Waals surface area contributed by atoms with E-state index in [1.807, 2.05) is 37.3 Å². The molecule has 38 heavy (non-hydrogen) atoms. The van der Waals surface area contributed by atoms with E-state index in [9.17, 15) is 13.2 Å². The number of rotatable bonds is 13. The van der Waals surface area contributed by atoms with Gasteiger partial charge in [-0.05, 0) is 48.4 Å². The fourth-order valence-corrected chi connectivity index (χ4v) is 4.30. The van der Waals surface area contributed by atoms with Crippen molar-refractivity contribution < 1.29 is 32.2 Å². The molecule has 3 aromatic rings. The van der Waals surface area contributed by atoms with E-state index in [0.717, 1.165) is 16.1 Å². The van der Waals surface area contributed by atoms with E-state index < -0.39 is 22.5 Å². The minimum absolute atomic E-state index is 0.168. The first kappa shape index (κ1) is 28.3. The Morgan fingerprint density at radius 3 is 2.34 bits per heavy atom. The lowest BCUT2D eigenvalue weighted by molar-refractivity contribution is -0.119. The molecule has 0 radical (unpaired) electrons. The number of carbonyl (C=O) groups excluding carboxylic acids is 1. The second-order valence-electron chi connectivity index (χ2n) is 8.01. The van der Waals surface area contributed by atoms with Gasteiger partial charge in [0.15, 0.2) is 11.5 Å². The molecule has 0 fully saturated rings. The highest BCUT2D eigenvalue weighted by atomic mass is 32.2. The number of nitrogens with one attached hydrogen (secondary N) is 1. The molecule has 0 atom stereocenters. The highest BCUT2D eigenvalue weighted by Crippen LogP contribution is 2.33. The number of hydrazone groups is 1. The molecular formula is C27H31N3O7S. The van der Waals surface area contributed by atoms with Crippen LogP contribution in [0, 0.1) is 0 Å². The second kappa shape index (κ2) is 13.3. The van der Waals surface area contributed by atoms with Crippen molar-refractivity contribution in [2.24, 2.45) is 5.10 Å². The molecule has 1 amide bonds. The van der Waals surface area contributed by atoms with Crippen LogP contribution in [-0.4, -0.2) is 54.2 Å². The molecule has 0 saturated heterocycles. The molecule has 0 saturated carbocycles. The molecule has 0 aliphatic carbocycles. The van der Waals surface area contributed by atoms with Gasteiger partial charge in [-0.15, -0.1) is 0 Å². The van der Waals surface area contributed by atoms with E-state index in [1.165, 1.54) is 26.5 Å². The van der Waals surface area contributed by atoms with Crippen LogP contribution >= 0.6 is 0 Å². The maximum absolute atomic E-state index is 12.6. The number of anilines is 1. The Morgan fingerprint density at radius 1 is 0.947 bits per heavy atom. The highest BCUT2D eigenvalue weighted by molar-refractivity contribution is 7.92. The summed E-state index contributed by atoms with van der Waals surface area (Å²) in [5, 5.41) is 3.97. The van der Waals surface area contributed by atoms with Crippen molar-refractivity contribution in [2.75, 3.05) is 37.9 Å². The Bertz CT molecular complexity index is 1360. The molecule has 0 heterocycles. The SMILES string of the molecule is CCOc1cc(C=NNC(=O)CN(c2cc(OC)ccc2OC)S(C)(=O)=O)ccc1OCc1ccccc1. The third-order valence-electron chi connectivity index (χ3n) is 5.25. The van der Waals surface area contributed by atoms with Gasteiger partial charge in [0.25, 0.3) is 5.91 Å². The number of carbonyl (C=O) groups is 1. The Labute approximate surface area is 222 Å². The molecule has 0 aliphatic rings. The fraction of sp³-hybridized carbons (Fsp3) is 0.259. The number of amides is 1. The Hall–Kier alpha value is -4.25. The van der Waals surface area contributed by atoms with Crippen LogP contribution in [-0.2, 0) is 21.4 Å². The molecule has 0 aliphatic heterocycles. The van der Waals surface area contributed by atoms with Gasteiger partial charge < -0.3 is 18.9 Å². The standard InChI is InChI=1S/C27H31N3O7S/c1-5-36-26-15-21(11-13-25(26)37-19-20-9-7-6-8-10-20)17-28-29-27(31)18-30(38(4,32)33)23-16-22(34-2)12-14-24(23)35-3/h6-17H,5,18-19H2,1-4H3,(H,29,31). The number of benzene rings is 3. The van der Waals surface area contributed by atoms with Crippen LogP contribution in [0.15, 0.2) is 71.8 Å². The van der Waals surface area contributed by atoms with E-state index in [0.29, 0.717) is 36.0 Å². The molecule has 11 heteroatoms. The van der Waals surface area contributed by atoms with Gasteiger partial charge in [-0.2, -0.15) is 5.10 Å². The number of hydrogen-bond donors (Lipinski definition) is 1. The first-order chi connectivity index (χ1) is 18.2. The minimum atomic E-state index is -3.84. The summed E-state index contributed by atoms with van der Waals surface area (Å²) in [6.07, 6.45) is 2.43. The third-order valence-corrected chi connectivity index (χ3v) is 6.38. The summed E-state index contributed by atoms with van der Waals surface area (Å²) >= 11 is 0. The highest BCUT2D eigenvalue weighted by Gasteiger charge is 2.24. The number of ether oxygens (including phenoxy) is 4. The van der Waals surface area contributed by atoms with Crippen molar-refractivity contribution in [1.82, 2.24) is 5.43 Å². The molecule has 3 aromatic carbocycles. The van der Waals surface area contributed by atoms with Gasteiger partial charge in [-0.25, -0.2) is 13.8 Å². The molecule has 0 spiro atoms. The zero-order valence-electron chi connectivity index (χ0n) is 21.7. The number of sulfonamides is 1. The Morgan fingerprint density at radius 2 is 1.68 bits per heavy atom. The van der Waals surface area contributed by atoms with Crippen LogP contribution in [0.4, 0.5) is 5.69 Å². The van der Waals surface area contributed by atoms with Crippen molar-refractivity contribution >= 4 is 27.8 Å². The zero-order chi connectivity index (χ0) is 27.5. The van der Waals surface area contributed by atoms with Gasteiger partial charge in [-0.3, -0.25) is 9.10 Å². The molecule has 1 N–H and O–H groups in total. The minimum Gasteiger partial charge on any atom is -0.497 e. The average molecular weight is 542 g/mol. The summed E-state index contributed by atoms with van der Waals surface area (Å²) in [6, 6.07) is 19.7. The molecule has 3 rings (SSSR count). The number of methoxy groups -OCH3 is 2. The summed E-state index contributed by atoms with van der Waals surface area (Å²) in [5.41, 5.74) is 4.20. The van der Waals surface area contributed by atoms with Crippen molar-refractivity contribution in [3.8, 4) is 23.0 Å². The maximum Gasteiger partial charge on any atom is 0.260 e. The van der Waals surface area contributed by atoms with E-state index in [4.69, 9.17) is 18.9 Å². The van der Waals surface area contributed by atoms with Crippen LogP contribution in [0.25, 0.3) is 0 Å². The first-order valence-electron chi connectivity index (χ1n) is 11.7. The number of nitrogens with zero attached hydrogens (tertiary/aromatic N) is 2. The third kappa shape index (κ3) is 7.87. The lowest BCUT2D eigenvalue weighted by atomic mass is 10.2. The van der Waals surface area contributed by atoms with Crippen molar-refractivity contribution in [3.63, 3.8) is 0 Å². The monoisotopic (exact) mass is 541 g/mol. The van der Waals surface area contributed by atoms with E-state index in [1.54, 1.807) is 30.3 Å². The quantitative estimate of drug-likeness (QED) is 0.260. The van der Waals surface area contributed by atoms with Crippen LogP contribution in [0.5, 0.6) is 23.0 Å². The van der Waals surface area contributed by atoms with Crippen molar-refractivity contribution in [1.29, 1.82) is 0 Å². The van der Waals surface area contributed by atoms with Gasteiger partial charge in [0.05, 0.1) is 39.0 Å². The van der Waals surface area contributed by atoms with E-state index in [-0.39, 0.29) is 11.4 Å². The second-order valence-corrected chi connectivity index (χ2v) is 9.92. The molecule has 0 unspecified atom stereocenters. The Balaban J connectivity index is 1.70. The largest absolute Gasteiger partial charge is 0.497 e. The lowest BCUT2D eigenvalue weighted by Gasteiger charge is -2.23. The molecular weight excluding hydrogens is 510 g/mol. The Kier molecular flexibility index (Phi) is 9.94. The first-order valence-corrected chi connectivity index (χ1v) is 13.5. The van der Waals surface area contributed by atoms with Crippen LogP contribution in [0.1, 0.15) is 18.1 Å². The van der Waals surface area contributed by atoms with E-state index in [2.05, 4.69) is 10.5 Å². The maximum atomic E-state index is 12.6. The summed E-state index contributed by atoms with van der Waals surface area (Å²) in [7, 11) is -0.973. The smallest absolute Gasteiger partial charge is 0.260 e. The van der Waals surface area contributed by atoms with Gasteiger partial charge in [-0.1, -0.05) is 30.3 Å². The van der Waals surface area contributed by atoms with Gasteiger partial charge in [0.2, 0.25) is 10.0 Å². The molecule has 202 valence electrons. The van der Waals surface area contributed by atoms with Crippen molar-refractivity contribution in [2.45, 2.75) is 13.5 Å². The van der Waals surface area contributed by atoms with Gasteiger partial charge >= 0.3 is 0 Å². The summed E-state index contributed by atoms with van der Waals surface area (Å²) in [4.78, 5) is 12.6. The predicted octanol–water partition coefficient (Wildman–Crippen LogP) is 3.60. The van der Waals surface area contributed by atoms with Crippen LogP contribution in [0.3, 0.4) is 0 Å². The molecule has 10 nitrogen and oxygen atoms in total. The van der Waals surface area contributed by atoms with Crippen LogP contribution < -0.4 is 28.7 Å². The van der Waals surface area contributed by atoms with E-state index >= 15 is 0 Å². The van der Waals surface area contributed by atoms with Gasteiger partial charge in [0, 0.05) is 6.07 Å². The van der Waals surface area contributed by atoms with Gasteiger partial charge in [0.1, 0.15) is 24.7 Å². The van der Waals surface area contributed by atoms with Crippen LogP contribution in [0.2, 0.25) is 0 Å². The molecule has 0 bridgehead atoms. The normalized spacial score (nSPS) is 11.2.